The van der Waals surface area contributed by atoms with Crippen LogP contribution in [0.2, 0.25) is 5.02 Å². The lowest BCUT2D eigenvalue weighted by molar-refractivity contribution is 0.522. The highest BCUT2D eigenvalue weighted by atomic mass is 35.5. The first-order chi connectivity index (χ1) is 8.69. The van der Waals surface area contributed by atoms with Gasteiger partial charge in [0.05, 0.1) is 0 Å². The summed E-state index contributed by atoms with van der Waals surface area (Å²) in [6.45, 7) is 5.25. The summed E-state index contributed by atoms with van der Waals surface area (Å²) < 4.78 is 0. The summed E-state index contributed by atoms with van der Waals surface area (Å²) >= 11 is 7.89. The molecule has 0 aliphatic heterocycles. The zero-order chi connectivity index (χ0) is 13.0. The maximum Gasteiger partial charge on any atom is 0.0409 e. The predicted molar refractivity (Wildman–Crippen MR) is 80.4 cm³/mol. The quantitative estimate of drug-likeness (QED) is 0.816. The van der Waals surface area contributed by atoms with E-state index in [-0.39, 0.29) is 0 Å². The van der Waals surface area contributed by atoms with Gasteiger partial charge in [0, 0.05) is 27.4 Å². The summed E-state index contributed by atoms with van der Waals surface area (Å²) in [5.41, 5.74) is 1.26. The van der Waals surface area contributed by atoms with Gasteiger partial charge in [-0.1, -0.05) is 30.7 Å². The zero-order valence-corrected chi connectivity index (χ0v) is 12.3. The second-order valence-corrected chi connectivity index (χ2v) is 6.22. The van der Waals surface area contributed by atoms with Crippen molar-refractivity contribution in [3.63, 3.8) is 0 Å². The van der Waals surface area contributed by atoms with Crippen molar-refractivity contribution in [3.05, 3.63) is 56.7 Å². The lowest BCUT2D eigenvalue weighted by Crippen LogP contribution is -2.19. The monoisotopic (exact) mass is 279 g/mol. The first kappa shape index (κ1) is 13.6. The van der Waals surface area contributed by atoms with E-state index in [1.54, 1.807) is 0 Å². The SMILES string of the molecule is CCC(NCc1ccc(C)s1)c1cccc(Cl)c1. The second kappa shape index (κ2) is 6.37. The third-order valence-corrected chi connectivity index (χ3v) is 4.21. The summed E-state index contributed by atoms with van der Waals surface area (Å²) in [6.07, 6.45) is 1.06. The minimum atomic E-state index is 0.367. The van der Waals surface area contributed by atoms with E-state index < -0.39 is 0 Å². The van der Waals surface area contributed by atoms with Gasteiger partial charge in [0.25, 0.3) is 0 Å². The van der Waals surface area contributed by atoms with E-state index in [0.717, 1.165) is 18.0 Å². The number of aryl methyl sites for hydroxylation is 1. The van der Waals surface area contributed by atoms with Crippen molar-refractivity contribution in [2.45, 2.75) is 32.9 Å². The Balaban J connectivity index is 2.01. The minimum absolute atomic E-state index is 0.367. The van der Waals surface area contributed by atoms with Crippen LogP contribution in [-0.2, 0) is 6.54 Å². The van der Waals surface area contributed by atoms with E-state index in [1.165, 1.54) is 15.3 Å². The zero-order valence-electron chi connectivity index (χ0n) is 10.7. The Morgan fingerprint density at radius 3 is 2.72 bits per heavy atom. The molecule has 1 heterocycles. The molecule has 0 fully saturated rings. The van der Waals surface area contributed by atoms with Crippen LogP contribution >= 0.6 is 22.9 Å². The van der Waals surface area contributed by atoms with Gasteiger partial charge in [0.15, 0.2) is 0 Å². The highest BCUT2D eigenvalue weighted by molar-refractivity contribution is 7.11. The Bertz CT molecular complexity index is 507. The molecule has 1 aromatic heterocycles. The molecule has 18 heavy (non-hydrogen) atoms. The second-order valence-electron chi connectivity index (χ2n) is 4.41. The molecule has 3 heteroatoms. The molecule has 1 nitrogen and oxygen atoms in total. The summed E-state index contributed by atoms with van der Waals surface area (Å²) in [6, 6.07) is 12.8. The van der Waals surface area contributed by atoms with E-state index >= 15 is 0 Å². The van der Waals surface area contributed by atoms with Crippen LogP contribution < -0.4 is 5.32 Å². The molecule has 0 saturated carbocycles. The number of rotatable bonds is 5. The Labute approximate surface area is 118 Å². The molecule has 0 radical (unpaired) electrons. The third kappa shape index (κ3) is 3.58. The van der Waals surface area contributed by atoms with E-state index in [9.17, 15) is 0 Å². The number of hydrogen-bond acceptors (Lipinski definition) is 2. The van der Waals surface area contributed by atoms with Crippen molar-refractivity contribution in [2.24, 2.45) is 0 Å². The van der Waals surface area contributed by atoms with E-state index in [1.807, 2.05) is 29.5 Å². The standard InChI is InChI=1S/C15H18ClNS/c1-3-15(12-5-4-6-13(16)9-12)17-10-14-8-7-11(2)18-14/h4-9,15,17H,3,10H2,1-2H3. The van der Waals surface area contributed by atoms with Gasteiger partial charge in [-0.25, -0.2) is 0 Å². The van der Waals surface area contributed by atoms with Crippen LogP contribution in [0.1, 0.15) is 34.7 Å². The van der Waals surface area contributed by atoms with Crippen molar-refractivity contribution >= 4 is 22.9 Å². The average Bonchev–Trinajstić information content (AvgIpc) is 2.76. The van der Waals surface area contributed by atoms with Crippen LogP contribution in [0, 0.1) is 6.92 Å². The Hall–Kier alpha value is -0.830. The molecule has 1 atom stereocenters. The molecule has 0 bridgehead atoms. The van der Waals surface area contributed by atoms with Gasteiger partial charge >= 0.3 is 0 Å². The van der Waals surface area contributed by atoms with Gasteiger partial charge in [-0.2, -0.15) is 0 Å². The molecule has 1 N–H and O–H groups in total. The molecule has 1 aromatic carbocycles. The molecular formula is C15H18ClNS. The molecular weight excluding hydrogens is 262 g/mol. The van der Waals surface area contributed by atoms with Gasteiger partial charge in [-0.15, -0.1) is 11.3 Å². The van der Waals surface area contributed by atoms with E-state index in [4.69, 9.17) is 11.6 Å². The smallest absolute Gasteiger partial charge is 0.0409 e. The molecule has 0 amide bonds. The Morgan fingerprint density at radius 1 is 1.28 bits per heavy atom. The van der Waals surface area contributed by atoms with Gasteiger partial charge in [0.2, 0.25) is 0 Å². The molecule has 0 saturated heterocycles. The maximum absolute atomic E-state index is 6.04. The first-order valence-electron chi connectivity index (χ1n) is 6.23. The van der Waals surface area contributed by atoms with Gasteiger partial charge < -0.3 is 5.32 Å². The number of thiophene rings is 1. The minimum Gasteiger partial charge on any atom is -0.305 e. The van der Waals surface area contributed by atoms with Crippen LogP contribution in [0.5, 0.6) is 0 Å². The number of benzene rings is 1. The molecule has 0 spiro atoms. The lowest BCUT2D eigenvalue weighted by Gasteiger charge is -2.17. The number of hydrogen-bond donors (Lipinski definition) is 1. The van der Waals surface area contributed by atoms with Crippen LogP contribution in [0.4, 0.5) is 0 Å². The van der Waals surface area contributed by atoms with Crippen molar-refractivity contribution in [1.82, 2.24) is 5.32 Å². The van der Waals surface area contributed by atoms with E-state index in [2.05, 4.69) is 37.4 Å². The molecule has 2 rings (SSSR count). The topological polar surface area (TPSA) is 12.0 Å². The molecule has 1 unspecified atom stereocenters. The fourth-order valence-corrected chi connectivity index (χ4v) is 3.07. The van der Waals surface area contributed by atoms with E-state index in [0.29, 0.717) is 6.04 Å². The summed E-state index contributed by atoms with van der Waals surface area (Å²) in [5, 5.41) is 4.40. The fourth-order valence-electron chi connectivity index (χ4n) is 2.03. The van der Waals surface area contributed by atoms with Gasteiger partial charge in [0.1, 0.15) is 0 Å². The largest absolute Gasteiger partial charge is 0.305 e. The van der Waals surface area contributed by atoms with Crippen LogP contribution in [-0.4, -0.2) is 0 Å². The van der Waals surface area contributed by atoms with Crippen molar-refractivity contribution < 1.29 is 0 Å². The molecule has 96 valence electrons. The number of nitrogens with one attached hydrogen (secondary N) is 1. The normalized spacial score (nSPS) is 12.6. The lowest BCUT2D eigenvalue weighted by atomic mass is 10.0. The average molecular weight is 280 g/mol. The Kier molecular flexibility index (Phi) is 4.81. The molecule has 2 aromatic rings. The number of halogens is 1. The fraction of sp³-hybridized carbons (Fsp3) is 0.333. The van der Waals surface area contributed by atoms with Gasteiger partial charge in [-0.05, 0) is 43.2 Å². The highest BCUT2D eigenvalue weighted by Gasteiger charge is 2.09. The predicted octanol–water partition coefficient (Wildman–Crippen LogP) is 4.95. The van der Waals surface area contributed by atoms with Crippen LogP contribution in [0.3, 0.4) is 0 Å². The van der Waals surface area contributed by atoms with Crippen LogP contribution in [0.15, 0.2) is 36.4 Å². The maximum atomic E-state index is 6.04. The van der Waals surface area contributed by atoms with Crippen molar-refractivity contribution in [2.75, 3.05) is 0 Å². The highest BCUT2D eigenvalue weighted by Crippen LogP contribution is 2.22. The summed E-state index contributed by atoms with van der Waals surface area (Å²) in [7, 11) is 0. The molecule has 0 aliphatic carbocycles. The summed E-state index contributed by atoms with van der Waals surface area (Å²) in [4.78, 5) is 2.75. The summed E-state index contributed by atoms with van der Waals surface area (Å²) in [5.74, 6) is 0. The van der Waals surface area contributed by atoms with Crippen LogP contribution in [0.25, 0.3) is 0 Å². The molecule has 0 aliphatic rings. The Morgan fingerprint density at radius 2 is 2.11 bits per heavy atom. The van der Waals surface area contributed by atoms with Crippen molar-refractivity contribution in [1.29, 1.82) is 0 Å². The first-order valence-corrected chi connectivity index (χ1v) is 7.42. The van der Waals surface area contributed by atoms with Gasteiger partial charge in [-0.3, -0.25) is 0 Å². The van der Waals surface area contributed by atoms with Crippen molar-refractivity contribution in [3.8, 4) is 0 Å². The third-order valence-electron chi connectivity index (χ3n) is 2.98.